The van der Waals surface area contributed by atoms with E-state index in [9.17, 15) is 0 Å². The summed E-state index contributed by atoms with van der Waals surface area (Å²) in [6.07, 6.45) is 0. The summed E-state index contributed by atoms with van der Waals surface area (Å²) in [7, 11) is 1.90. The molecule has 1 heterocycles. The highest BCUT2D eigenvalue weighted by molar-refractivity contribution is 6.31. The number of hydrogen-bond donors (Lipinski definition) is 1. The van der Waals surface area contributed by atoms with Crippen molar-refractivity contribution in [3.8, 4) is 0 Å². The number of benzene rings is 1. The van der Waals surface area contributed by atoms with E-state index in [4.69, 9.17) is 16.6 Å². The first kappa shape index (κ1) is 15.8. The van der Waals surface area contributed by atoms with Gasteiger partial charge in [-0.15, -0.1) is 0 Å². The average molecular weight is 304 g/mol. The highest BCUT2D eigenvalue weighted by Gasteiger charge is 2.14. The van der Waals surface area contributed by atoms with Gasteiger partial charge in [0.15, 0.2) is 0 Å². The lowest BCUT2D eigenvalue weighted by Crippen LogP contribution is -2.31. The normalized spacial score (nSPS) is 10.9. The van der Waals surface area contributed by atoms with Crippen LogP contribution >= 0.6 is 11.6 Å². The van der Waals surface area contributed by atoms with Gasteiger partial charge < -0.3 is 10.2 Å². The summed E-state index contributed by atoms with van der Waals surface area (Å²) in [5, 5.41) is 3.81. The lowest BCUT2D eigenvalue weighted by atomic mass is 10.2. The standard InChI is InChI=1S/C17H22ClN3/c1-13(2)21(12-14-7-5-4-6-8-14)17-10-9-15(18)16(20-17)11-19-3/h4-10,13,19H,11-12H2,1-3H3. The molecule has 0 spiro atoms. The molecule has 2 aromatic rings. The number of nitrogens with one attached hydrogen (secondary N) is 1. The Kier molecular flexibility index (Phi) is 5.59. The molecular formula is C17H22ClN3. The van der Waals surface area contributed by atoms with Gasteiger partial charge in [0.05, 0.1) is 10.7 Å². The molecule has 0 saturated heterocycles. The molecule has 0 unspecified atom stereocenters. The Hall–Kier alpha value is -1.58. The molecule has 0 amide bonds. The first-order chi connectivity index (χ1) is 10.1. The fraction of sp³-hybridized carbons (Fsp3) is 0.353. The molecule has 0 saturated carbocycles. The molecule has 3 nitrogen and oxygen atoms in total. The van der Waals surface area contributed by atoms with Gasteiger partial charge in [-0.3, -0.25) is 0 Å². The minimum absolute atomic E-state index is 0.362. The van der Waals surface area contributed by atoms with E-state index in [0.29, 0.717) is 17.6 Å². The quantitative estimate of drug-likeness (QED) is 0.878. The van der Waals surface area contributed by atoms with Crippen LogP contribution in [-0.4, -0.2) is 18.1 Å². The number of aromatic nitrogens is 1. The van der Waals surface area contributed by atoms with Gasteiger partial charge >= 0.3 is 0 Å². The van der Waals surface area contributed by atoms with E-state index in [-0.39, 0.29) is 0 Å². The maximum absolute atomic E-state index is 6.20. The SMILES string of the molecule is CNCc1nc(N(Cc2ccccc2)C(C)C)ccc1Cl. The van der Waals surface area contributed by atoms with Crippen molar-refractivity contribution in [2.75, 3.05) is 11.9 Å². The topological polar surface area (TPSA) is 28.2 Å². The van der Waals surface area contributed by atoms with Crippen molar-refractivity contribution in [1.82, 2.24) is 10.3 Å². The minimum Gasteiger partial charge on any atom is -0.350 e. The highest BCUT2D eigenvalue weighted by atomic mass is 35.5. The van der Waals surface area contributed by atoms with E-state index < -0.39 is 0 Å². The molecule has 0 aliphatic heterocycles. The van der Waals surface area contributed by atoms with Crippen molar-refractivity contribution in [3.63, 3.8) is 0 Å². The van der Waals surface area contributed by atoms with Crippen LogP contribution < -0.4 is 10.2 Å². The Bertz CT molecular complexity index is 570. The fourth-order valence-corrected chi connectivity index (χ4v) is 2.40. The van der Waals surface area contributed by atoms with Crippen LogP contribution in [0.25, 0.3) is 0 Å². The molecule has 4 heteroatoms. The predicted molar refractivity (Wildman–Crippen MR) is 89.8 cm³/mol. The summed E-state index contributed by atoms with van der Waals surface area (Å²) >= 11 is 6.20. The van der Waals surface area contributed by atoms with E-state index >= 15 is 0 Å². The van der Waals surface area contributed by atoms with Crippen molar-refractivity contribution in [1.29, 1.82) is 0 Å². The van der Waals surface area contributed by atoms with Gasteiger partial charge in [-0.05, 0) is 38.6 Å². The third-order valence-electron chi connectivity index (χ3n) is 3.36. The summed E-state index contributed by atoms with van der Waals surface area (Å²) in [5.41, 5.74) is 2.16. The first-order valence-electron chi connectivity index (χ1n) is 7.22. The van der Waals surface area contributed by atoms with Crippen LogP contribution in [-0.2, 0) is 13.1 Å². The van der Waals surface area contributed by atoms with Gasteiger partial charge in [0, 0.05) is 19.1 Å². The molecule has 21 heavy (non-hydrogen) atoms. The molecule has 0 bridgehead atoms. The van der Waals surface area contributed by atoms with Crippen LogP contribution in [0.15, 0.2) is 42.5 Å². The third-order valence-corrected chi connectivity index (χ3v) is 3.71. The molecule has 0 fully saturated rings. The Labute approximate surface area is 132 Å². The number of pyridine rings is 1. The maximum Gasteiger partial charge on any atom is 0.129 e. The summed E-state index contributed by atoms with van der Waals surface area (Å²) in [5.74, 6) is 0.962. The Morgan fingerprint density at radius 2 is 1.86 bits per heavy atom. The first-order valence-corrected chi connectivity index (χ1v) is 7.60. The van der Waals surface area contributed by atoms with Crippen LogP contribution in [0.1, 0.15) is 25.1 Å². The van der Waals surface area contributed by atoms with Crippen LogP contribution in [0.5, 0.6) is 0 Å². The molecule has 1 N–H and O–H groups in total. The molecule has 112 valence electrons. The van der Waals surface area contributed by atoms with E-state index in [1.54, 1.807) is 0 Å². The van der Waals surface area contributed by atoms with Gasteiger partial charge in [-0.2, -0.15) is 0 Å². The van der Waals surface area contributed by atoms with E-state index in [1.807, 2.05) is 25.2 Å². The maximum atomic E-state index is 6.20. The Morgan fingerprint density at radius 1 is 1.14 bits per heavy atom. The second-order valence-electron chi connectivity index (χ2n) is 5.34. The second kappa shape index (κ2) is 7.43. The van der Waals surface area contributed by atoms with E-state index in [2.05, 4.69) is 48.3 Å². The van der Waals surface area contributed by atoms with Crippen LogP contribution in [0, 0.1) is 0 Å². The predicted octanol–water partition coefficient (Wildman–Crippen LogP) is 3.87. The highest BCUT2D eigenvalue weighted by Crippen LogP contribution is 2.22. The van der Waals surface area contributed by atoms with Crippen LogP contribution in [0.2, 0.25) is 5.02 Å². The summed E-state index contributed by atoms with van der Waals surface area (Å²) < 4.78 is 0. The zero-order valence-electron chi connectivity index (χ0n) is 12.8. The van der Waals surface area contributed by atoms with Gasteiger partial charge in [0.25, 0.3) is 0 Å². The number of halogens is 1. The largest absolute Gasteiger partial charge is 0.350 e. The Morgan fingerprint density at radius 3 is 2.48 bits per heavy atom. The number of nitrogens with zero attached hydrogens (tertiary/aromatic N) is 2. The van der Waals surface area contributed by atoms with Crippen molar-refractivity contribution in [2.24, 2.45) is 0 Å². The number of rotatable bonds is 6. The van der Waals surface area contributed by atoms with Crippen molar-refractivity contribution < 1.29 is 0 Å². The Balaban J connectivity index is 2.28. The van der Waals surface area contributed by atoms with E-state index in [1.165, 1.54) is 5.56 Å². The summed E-state index contributed by atoms with van der Waals surface area (Å²) in [6.45, 7) is 5.87. The summed E-state index contributed by atoms with van der Waals surface area (Å²) in [4.78, 5) is 6.99. The monoisotopic (exact) mass is 303 g/mol. The molecule has 0 aliphatic carbocycles. The van der Waals surface area contributed by atoms with Crippen molar-refractivity contribution >= 4 is 17.4 Å². The van der Waals surface area contributed by atoms with Gasteiger partial charge in [0.1, 0.15) is 5.82 Å². The van der Waals surface area contributed by atoms with Gasteiger partial charge in [-0.25, -0.2) is 4.98 Å². The van der Waals surface area contributed by atoms with Crippen LogP contribution in [0.3, 0.4) is 0 Å². The molecule has 2 rings (SSSR count). The molecule has 1 aromatic carbocycles. The molecule has 1 aromatic heterocycles. The van der Waals surface area contributed by atoms with Crippen molar-refractivity contribution in [3.05, 3.63) is 58.7 Å². The third kappa shape index (κ3) is 4.19. The van der Waals surface area contributed by atoms with Gasteiger partial charge in [-0.1, -0.05) is 41.9 Å². The van der Waals surface area contributed by atoms with Crippen molar-refractivity contribution in [2.45, 2.75) is 33.0 Å². The zero-order chi connectivity index (χ0) is 15.2. The average Bonchev–Trinajstić information content (AvgIpc) is 2.48. The number of hydrogen-bond acceptors (Lipinski definition) is 3. The zero-order valence-corrected chi connectivity index (χ0v) is 13.6. The molecule has 0 radical (unpaired) electrons. The van der Waals surface area contributed by atoms with Crippen LogP contribution in [0.4, 0.5) is 5.82 Å². The molecular weight excluding hydrogens is 282 g/mol. The smallest absolute Gasteiger partial charge is 0.129 e. The minimum atomic E-state index is 0.362. The second-order valence-corrected chi connectivity index (χ2v) is 5.74. The van der Waals surface area contributed by atoms with E-state index in [0.717, 1.165) is 18.1 Å². The molecule has 0 atom stereocenters. The molecule has 0 aliphatic rings. The fourth-order valence-electron chi connectivity index (χ4n) is 2.23. The number of anilines is 1. The lowest BCUT2D eigenvalue weighted by molar-refractivity contribution is 0.667. The lowest BCUT2D eigenvalue weighted by Gasteiger charge is -2.28. The van der Waals surface area contributed by atoms with Gasteiger partial charge in [0.2, 0.25) is 0 Å². The summed E-state index contributed by atoms with van der Waals surface area (Å²) in [6, 6.07) is 14.7.